The van der Waals surface area contributed by atoms with Crippen LogP contribution in [0.2, 0.25) is 0 Å². The summed E-state index contributed by atoms with van der Waals surface area (Å²) in [5, 5.41) is 0. The quantitative estimate of drug-likeness (QED) is 0.515. The first-order chi connectivity index (χ1) is 3.15. The molecule has 0 N–H and O–H groups in total. The fourth-order valence-corrected chi connectivity index (χ4v) is 0. The van der Waals surface area contributed by atoms with Gasteiger partial charge in [-0.05, 0) is 0 Å². The molecule has 0 spiro atoms. The molecule has 8 heavy (non-hydrogen) atoms. The van der Waals surface area contributed by atoms with Crippen LogP contribution in [-0.4, -0.2) is 0 Å². The molecule has 0 amide bonds. The number of hydrogen-bond donors (Lipinski definition) is 0. The molecular formula is C7H17Y-. The summed E-state index contributed by atoms with van der Waals surface area (Å²) < 4.78 is 0. The fraction of sp³-hybridized carbons (Fsp3) is 0.857. The average molecular weight is 190 g/mol. The molecule has 0 aliphatic carbocycles. The molecule has 0 nitrogen and oxygen atoms in total. The zero-order chi connectivity index (χ0) is 6.28. The summed E-state index contributed by atoms with van der Waals surface area (Å²) in [6, 6.07) is 0. The summed E-state index contributed by atoms with van der Waals surface area (Å²) in [4.78, 5) is 0. The Morgan fingerprint density at radius 2 is 1.00 bits per heavy atom. The van der Waals surface area contributed by atoms with Gasteiger partial charge in [-0.3, -0.25) is 0 Å². The van der Waals surface area contributed by atoms with Crippen molar-refractivity contribution in [3.63, 3.8) is 0 Å². The molecule has 0 rings (SSSR count). The van der Waals surface area contributed by atoms with Gasteiger partial charge in [0.1, 0.15) is 0 Å². The van der Waals surface area contributed by atoms with Crippen molar-refractivity contribution in [3.8, 4) is 0 Å². The van der Waals surface area contributed by atoms with Crippen LogP contribution in [0.25, 0.3) is 0 Å². The van der Waals surface area contributed by atoms with Gasteiger partial charge in [-0.1, -0.05) is 20.3 Å². The molecular weight excluding hydrogens is 173 g/mol. The minimum absolute atomic E-state index is 0. The molecule has 0 aliphatic rings. The van der Waals surface area contributed by atoms with E-state index in [-0.39, 0.29) is 32.7 Å². The molecule has 1 heteroatoms. The van der Waals surface area contributed by atoms with Crippen molar-refractivity contribution in [2.24, 2.45) is 0 Å². The zero-order valence-electron chi connectivity index (χ0n) is 6.78. The van der Waals surface area contributed by atoms with Gasteiger partial charge < -0.3 is 5.92 Å². The van der Waals surface area contributed by atoms with Crippen molar-refractivity contribution >= 4 is 0 Å². The largest absolute Gasteiger partial charge is 0.323 e. The third kappa shape index (κ3) is 217. The summed E-state index contributed by atoms with van der Waals surface area (Å²) in [6.07, 6.45) is 1.25. The van der Waals surface area contributed by atoms with Crippen LogP contribution in [0.1, 0.15) is 41.0 Å². The van der Waals surface area contributed by atoms with Gasteiger partial charge in [0.05, 0.1) is 0 Å². The van der Waals surface area contributed by atoms with E-state index >= 15 is 0 Å². The van der Waals surface area contributed by atoms with Gasteiger partial charge in [0.15, 0.2) is 0 Å². The predicted octanol–water partition coefficient (Wildman–Crippen LogP) is 3.03. The van der Waals surface area contributed by atoms with E-state index in [1.807, 2.05) is 0 Å². The van der Waals surface area contributed by atoms with E-state index in [1.54, 1.807) is 0 Å². The molecule has 0 aromatic carbocycles. The molecule has 0 heterocycles. The Labute approximate surface area is 79.3 Å². The van der Waals surface area contributed by atoms with Gasteiger partial charge in [0.2, 0.25) is 0 Å². The molecule has 0 unspecified atom stereocenters. The van der Waals surface area contributed by atoms with Crippen LogP contribution < -0.4 is 0 Å². The normalized spacial score (nSPS) is 6.75. The van der Waals surface area contributed by atoms with Crippen LogP contribution in [0.3, 0.4) is 0 Å². The van der Waals surface area contributed by atoms with Gasteiger partial charge in [-0.15, -0.1) is 0 Å². The van der Waals surface area contributed by atoms with Crippen LogP contribution in [0.5, 0.6) is 0 Å². The topological polar surface area (TPSA) is 0 Å². The summed E-state index contributed by atoms with van der Waals surface area (Å²) in [6.45, 7) is 10.5. The first-order valence-electron chi connectivity index (χ1n) is 2.91. The van der Waals surface area contributed by atoms with E-state index in [9.17, 15) is 0 Å². The van der Waals surface area contributed by atoms with E-state index in [1.165, 1.54) is 12.3 Å². The van der Waals surface area contributed by atoms with Gasteiger partial charge in [-0.2, -0.15) is 20.8 Å². The van der Waals surface area contributed by atoms with Crippen LogP contribution in [0.4, 0.5) is 0 Å². The summed E-state index contributed by atoms with van der Waals surface area (Å²) in [5.41, 5.74) is 0. The molecule has 0 saturated heterocycles. The van der Waals surface area contributed by atoms with Crippen molar-refractivity contribution in [1.82, 2.24) is 0 Å². The van der Waals surface area contributed by atoms with Gasteiger partial charge in [0.25, 0.3) is 0 Å². The molecule has 0 atom stereocenters. The summed E-state index contributed by atoms with van der Waals surface area (Å²) >= 11 is 0. The second-order valence-corrected chi connectivity index (χ2v) is 2.21. The minimum Gasteiger partial charge on any atom is -0.323 e. The molecule has 0 fully saturated rings. The number of hydrogen-bond acceptors (Lipinski definition) is 0. The third-order valence-corrected chi connectivity index (χ3v) is 0. The van der Waals surface area contributed by atoms with Crippen molar-refractivity contribution in [1.29, 1.82) is 0 Å². The molecule has 0 aliphatic heterocycles. The second kappa shape index (κ2) is 15.7. The van der Waals surface area contributed by atoms with E-state index in [0.29, 0.717) is 0 Å². The Balaban J connectivity index is -0.0000000575. The molecule has 0 aromatic heterocycles. The SMILES string of the molecule is CCC.C[C-](C)C.[Y]. The number of rotatable bonds is 0. The standard InChI is InChI=1S/C4H9.C3H8.Y/c1-4(2)3;1-3-2;/h1-3H3;3H2,1-2H3;/q-1;;. The molecule has 0 saturated carbocycles. The Hall–Kier alpha value is 1.10. The Morgan fingerprint density at radius 3 is 1.00 bits per heavy atom. The maximum absolute atomic E-state index is 2.12. The molecule has 0 aromatic rings. The van der Waals surface area contributed by atoms with E-state index in [0.717, 1.165) is 0 Å². The van der Waals surface area contributed by atoms with Gasteiger partial charge in [-0.25, -0.2) is 0 Å². The van der Waals surface area contributed by atoms with E-state index < -0.39 is 0 Å². The third-order valence-electron chi connectivity index (χ3n) is 0. The van der Waals surface area contributed by atoms with Crippen molar-refractivity contribution in [2.75, 3.05) is 0 Å². The molecule has 0 bridgehead atoms. The van der Waals surface area contributed by atoms with Crippen molar-refractivity contribution < 1.29 is 32.7 Å². The smallest absolute Gasteiger partial charge is 0 e. The van der Waals surface area contributed by atoms with Crippen LogP contribution >= 0.6 is 0 Å². The van der Waals surface area contributed by atoms with Gasteiger partial charge >= 0.3 is 0 Å². The first-order valence-corrected chi connectivity index (χ1v) is 2.91. The first kappa shape index (κ1) is 16.0. The van der Waals surface area contributed by atoms with Crippen LogP contribution in [0.15, 0.2) is 0 Å². The van der Waals surface area contributed by atoms with Crippen LogP contribution in [0, 0.1) is 5.92 Å². The molecule has 1 radical (unpaired) electrons. The van der Waals surface area contributed by atoms with E-state index in [2.05, 4.69) is 34.6 Å². The summed E-state index contributed by atoms with van der Waals surface area (Å²) in [5.74, 6) is 1.42. The van der Waals surface area contributed by atoms with E-state index in [4.69, 9.17) is 0 Å². The maximum atomic E-state index is 2.12. The maximum Gasteiger partial charge on any atom is 0 e. The fourth-order valence-electron chi connectivity index (χ4n) is 0. The van der Waals surface area contributed by atoms with Crippen molar-refractivity contribution in [3.05, 3.63) is 5.92 Å². The summed E-state index contributed by atoms with van der Waals surface area (Å²) in [7, 11) is 0. The second-order valence-electron chi connectivity index (χ2n) is 2.21. The predicted molar refractivity (Wildman–Crippen MR) is 36.2 cm³/mol. The Kier molecular flexibility index (Phi) is 31.5. The zero-order valence-corrected chi connectivity index (χ0v) is 9.62. The molecule has 49 valence electrons. The monoisotopic (exact) mass is 190 g/mol. The Bertz CT molecular complexity index is 15.6. The van der Waals surface area contributed by atoms with Gasteiger partial charge in [0, 0.05) is 32.7 Å². The van der Waals surface area contributed by atoms with Crippen molar-refractivity contribution in [2.45, 2.75) is 41.0 Å². The Morgan fingerprint density at radius 1 is 1.00 bits per heavy atom. The minimum atomic E-state index is 0. The average Bonchev–Trinajstić information content (AvgIpc) is 1.33. The van der Waals surface area contributed by atoms with Crippen LogP contribution in [-0.2, 0) is 32.7 Å².